The normalized spacial score (nSPS) is 10.2. The summed E-state index contributed by atoms with van der Waals surface area (Å²) < 4.78 is 0. The van der Waals surface area contributed by atoms with Crippen molar-refractivity contribution in [1.29, 1.82) is 0 Å². The molecule has 17 heavy (non-hydrogen) atoms. The van der Waals surface area contributed by atoms with E-state index in [9.17, 15) is 4.79 Å². The molecule has 0 aliphatic carbocycles. The molecule has 0 aliphatic heterocycles. The van der Waals surface area contributed by atoms with Gasteiger partial charge in [0.05, 0.1) is 6.42 Å². The van der Waals surface area contributed by atoms with Crippen LogP contribution in [0.5, 0.6) is 0 Å². The van der Waals surface area contributed by atoms with Gasteiger partial charge in [0.25, 0.3) is 0 Å². The van der Waals surface area contributed by atoms with E-state index in [4.69, 9.17) is 0 Å². The zero-order chi connectivity index (χ0) is 12.1. The van der Waals surface area contributed by atoms with E-state index in [1.165, 1.54) is 5.56 Å². The Morgan fingerprint density at radius 3 is 2.88 bits per heavy atom. The summed E-state index contributed by atoms with van der Waals surface area (Å²) in [7, 11) is 0. The number of anilines is 1. The molecule has 0 unspecified atom stereocenters. The molecule has 0 aliphatic rings. The van der Waals surface area contributed by atoms with Crippen molar-refractivity contribution in [3.63, 3.8) is 0 Å². The Bertz CT molecular complexity index is 491. The third kappa shape index (κ3) is 3.43. The lowest BCUT2D eigenvalue weighted by atomic mass is 10.1. The summed E-state index contributed by atoms with van der Waals surface area (Å²) in [6.45, 7) is 2.10. The van der Waals surface area contributed by atoms with Gasteiger partial charge in [-0.3, -0.25) is 4.79 Å². The number of hydrogen-bond donors (Lipinski definition) is 1. The summed E-state index contributed by atoms with van der Waals surface area (Å²) in [5.74, 6) is 0.0386. The molecule has 0 bridgehead atoms. The van der Waals surface area contributed by atoms with Crippen molar-refractivity contribution >= 4 is 22.9 Å². The van der Waals surface area contributed by atoms with E-state index in [1.54, 1.807) is 11.3 Å². The van der Waals surface area contributed by atoms with E-state index < -0.39 is 0 Å². The first kappa shape index (κ1) is 11.9. The van der Waals surface area contributed by atoms with Gasteiger partial charge in [0.2, 0.25) is 5.91 Å². The highest BCUT2D eigenvalue weighted by atomic mass is 32.1. The molecule has 0 atom stereocenters. The van der Waals surface area contributed by atoms with Gasteiger partial charge in [-0.15, -0.1) is 0 Å². The van der Waals surface area contributed by atoms with Crippen molar-refractivity contribution in [1.82, 2.24) is 0 Å². The molecular weight excluding hydrogens is 230 g/mol. The maximum Gasteiger partial charge on any atom is 0.228 e. The van der Waals surface area contributed by atoms with Crippen LogP contribution in [0.15, 0.2) is 41.1 Å². The number of hydrogen-bond acceptors (Lipinski definition) is 2. The molecule has 0 fully saturated rings. The minimum atomic E-state index is 0.0386. The lowest BCUT2D eigenvalue weighted by Crippen LogP contribution is -2.14. The summed E-state index contributed by atoms with van der Waals surface area (Å²) in [6.07, 6.45) is 1.42. The fraction of sp³-hybridized carbons (Fsp3) is 0.214. The van der Waals surface area contributed by atoms with Gasteiger partial charge >= 0.3 is 0 Å². The van der Waals surface area contributed by atoms with Gasteiger partial charge in [-0.1, -0.05) is 19.1 Å². The Labute approximate surface area is 105 Å². The van der Waals surface area contributed by atoms with Crippen LogP contribution in [0, 0.1) is 0 Å². The molecule has 1 heterocycles. The van der Waals surface area contributed by atoms with Crippen LogP contribution < -0.4 is 5.32 Å². The zero-order valence-corrected chi connectivity index (χ0v) is 10.6. The van der Waals surface area contributed by atoms with E-state index in [0.29, 0.717) is 6.42 Å². The molecule has 0 saturated heterocycles. The minimum absolute atomic E-state index is 0.0386. The fourth-order valence-electron chi connectivity index (χ4n) is 1.65. The second kappa shape index (κ2) is 5.64. The first-order valence-electron chi connectivity index (χ1n) is 5.68. The second-order valence-electron chi connectivity index (χ2n) is 3.91. The van der Waals surface area contributed by atoms with Crippen LogP contribution in [0.3, 0.4) is 0 Å². The van der Waals surface area contributed by atoms with Crippen molar-refractivity contribution in [2.24, 2.45) is 0 Å². The van der Waals surface area contributed by atoms with Crippen LogP contribution in [0.1, 0.15) is 18.1 Å². The Balaban J connectivity index is 1.98. The average Bonchev–Trinajstić information content (AvgIpc) is 2.82. The highest BCUT2D eigenvalue weighted by molar-refractivity contribution is 7.08. The summed E-state index contributed by atoms with van der Waals surface area (Å²) in [5, 5.41) is 6.91. The van der Waals surface area contributed by atoms with Gasteiger partial charge in [0, 0.05) is 5.69 Å². The Hall–Kier alpha value is -1.61. The van der Waals surface area contributed by atoms with Gasteiger partial charge in [0.15, 0.2) is 0 Å². The molecular formula is C14H15NOS. The summed E-state index contributed by atoms with van der Waals surface area (Å²) >= 11 is 1.61. The second-order valence-corrected chi connectivity index (χ2v) is 4.69. The zero-order valence-electron chi connectivity index (χ0n) is 9.77. The summed E-state index contributed by atoms with van der Waals surface area (Å²) in [4.78, 5) is 11.8. The van der Waals surface area contributed by atoms with Crippen LogP contribution in [-0.4, -0.2) is 5.91 Å². The Kier molecular flexibility index (Phi) is 3.94. The van der Waals surface area contributed by atoms with Crippen LogP contribution in [0.2, 0.25) is 0 Å². The van der Waals surface area contributed by atoms with Crippen LogP contribution in [-0.2, 0) is 17.6 Å². The molecule has 2 aromatic rings. The largest absolute Gasteiger partial charge is 0.326 e. The molecule has 1 N–H and O–H groups in total. The molecule has 0 saturated carbocycles. The van der Waals surface area contributed by atoms with Gasteiger partial charge < -0.3 is 5.32 Å². The Morgan fingerprint density at radius 1 is 1.29 bits per heavy atom. The first-order chi connectivity index (χ1) is 8.28. The van der Waals surface area contributed by atoms with Crippen molar-refractivity contribution in [2.45, 2.75) is 19.8 Å². The molecule has 88 valence electrons. The van der Waals surface area contributed by atoms with E-state index in [2.05, 4.69) is 18.3 Å². The number of benzene rings is 1. The minimum Gasteiger partial charge on any atom is -0.326 e. The number of aryl methyl sites for hydroxylation is 1. The molecule has 1 aromatic carbocycles. The molecule has 2 nitrogen and oxygen atoms in total. The number of carbonyl (C=O) groups excluding carboxylic acids is 1. The number of carbonyl (C=O) groups is 1. The van der Waals surface area contributed by atoms with Crippen LogP contribution in [0.4, 0.5) is 5.69 Å². The van der Waals surface area contributed by atoms with Crippen LogP contribution >= 0.6 is 11.3 Å². The average molecular weight is 245 g/mol. The van der Waals surface area contributed by atoms with Crippen molar-refractivity contribution < 1.29 is 4.79 Å². The van der Waals surface area contributed by atoms with Gasteiger partial charge in [0.1, 0.15) is 0 Å². The lowest BCUT2D eigenvalue weighted by Gasteiger charge is -2.05. The SMILES string of the molecule is CCc1cccc(NC(=O)Cc2ccsc2)c1. The highest BCUT2D eigenvalue weighted by Gasteiger charge is 2.04. The molecule has 3 heteroatoms. The van der Waals surface area contributed by atoms with Crippen molar-refractivity contribution in [3.8, 4) is 0 Å². The van der Waals surface area contributed by atoms with Crippen molar-refractivity contribution in [2.75, 3.05) is 5.32 Å². The molecule has 1 aromatic heterocycles. The standard InChI is InChI=1S/C14H15NOS/c1-2-11-4-3-5-13(8-11)15-14(16)9-12-6-7-17-10-12/h3-8,10H,2,9H2,1H3,(H,15,16). The van der Waals surface area contributed by atoms with Crippen LogP contribution in [0.25, 0.3) is 0 Å². The number of nitrogens with one attached hydrogen (secondary N) is 1. The van der Waals surface area contributed by atoms with Crippen molar-refractivity contribution in [3.05, 3.63) is 52.2 Å². The molecule has 2 rings (SSSR count). The monoisotopic (exact) mass is 245 g/mol. The summed E-state index contributed by atoms with van der Waals surface area (Å²) in [6, 6.07) is 9.95. The first-order valence-corrected chi connectivity index (χ1v) is 6.62. The van der Waals surface area contributed by atoms with Gasteiger partial charge in [-0.25, -0.2) is 0 Å². The van der Waals surface area contributed by atoms with E-state index in [0.717, 1.165) is 17.7 Å². The number of thiophene rings is 1. The van der Waals surface area contributed by atoms with Gasteiger partial charge in [-0.2, -0.15) is 11.3 Å². The predicted molar refractivity (Wildman–Crippen MR) is 72.5 cm³/mol. The third-order valence-corrected chi connectivity index (χ3v) is 3.30. The number of amides is 1. The Morgan fingerprint density at radius 2 is 2.18 bits per heavy atom. The van der Waals surface area contributed by atoms with E-state index >= 15 is 0 Å². The van der Waals surface area contributed by atoms with Gasteiger partial charge in [-0.05, 0) is 46.5 Å². The van der Waals surface area contributed by atoms with E-state index in [-0.39, 0.29) is 5.91 Å². The highest BCUT2D eigenvalue weighted by Crippen LogP contribution is 2.12. The van der Waals surface area contributed by atoms with E-state index in [1.807, 2.05) is 35.0 Å². The fourth-order valence-corrected chi connectivity index (χ4v) is 2.32. The quantitative estimate of drug-likeness (QED) is 0.877. The number of rotatable bonds is 4. The smallest absolute Gasteiger partial charge is 0.228 e. The summed E-state index contributed by atoms with van der Waals surface area (Å²) in [5.41, 5.74) is 3.18. The maximum atomic E-state index is 11.8. The molecule has 0 radical (unpaired) electrons. The maximum absolute atomic E-state index is 11.8. The lowest BCUT2D eigenvalue weighted by molar-refractivity contribution is -0.115. The third-order valence-electron chi connectivity index (χ3n) is 2.56. The molecule has 0 spiro atoms. The molecule has 1 amide bonds. The topological polar surface area (TPSA) is 29.1 Å². The predicted octanol–water partition coefficient (Wildman–Crippen LogP) is 3.49.